The standard InChI is InChI=1S/C7H9N5S/c1-5-7(8)3-9-12(5)4-6-2-10-13-11-6/h2-3H,4,8H2,1H3. The predicted molar refractivity (Wildman–Crippen MR) is 50.4 cm³/mol. The number of nitrogens with zero attached hydrogens (tertiary/aromatic N) is 4. The van der Waals surface area contributed by atoms with Crippen LogP contribution in [0.25, 0.3) is 0 Å². The zero-order chi connectivity index (χ0) is 9.26. The number of nitrogen functional groups attached to an aromatic ring is 1. The fraction of sp³-hybridized carbons (Fsp3) is 0.286. The summed E-state index contributed by atoms with van der Waals surface area (Å²) in [6, 6.07) is 0. The van der Waals surface area contributed by atoms with E-state index in [0.29, 0.717) is 12.2 Å². The Kier molecular flexibility index (Phi) is 1.97. The van der Waals surface area contributed by atoms with Gasteiger partial charge in [0.05, 0.1) is 47.7 Å². The van der Waals surface area contributed by atoms with E-state index < -0.39 is 0 Å². The lowest BCUT2D eigenvalue weighted by Gasteiger charge is -2.00. The van der Waals surface area contributed by atoms with Crippen LogP contribution < -0.4 is 5.73 Å². The monoisotopic (exact) mass is 195 g/mol. The molecule has 0 aliphatic rings. The minimum absolute atomic E-state index is 0.638. The molecule has 0 fully saturated rings. The van der Waals surface area contributed by atoms with Crippen LogP contribution in [0.15, 0.2) is 12.4 Å². The first-order chi connectivity index (χ1) is 6.27. The smallest absolute Gasteiger partial charge is 0.0957 e. The second kappa shape index (κ2) is 3.14. The number of rotatable bonds is 2. The zero-order valence-electron chi connectivity index (χ0n) is 7.14. The summed E-state index contributed by atoms with van der Waals surface area (Å²) in [5.41, 5.74) is 8.24. The Bertz CT molecular complexity index is 391. The van der Waals surface area contributed by atoms with Crippen molar-refractivity contribution in [1.29, 1.82) is 0 Å². The Morgan fingerprint density at radius 1 is 1.54 bits per heavy atom. The molecule has 0 aliphatic carbocycles. The molecule has 2 heterocycles. The van der Waals surface area contributed by atoms with Gasteiger partial charge >= 0.3 is 0 Å². The molecule has 5 nitrogen and oxygen atoms in total. The molecule has 0 unspecified atom stereocenters. The van der Waals surface area contributed by atoms with Crippen molar-refractivity contribution in [3.8, 4) is 0 Å². The minimum atomic E-state index is 0.638. The lowest BCUT2D eigenvalue weighted by molar-refractivity contribution is 0.657. The van der Waals surface area contributed by atoms with Crippen molar-refractivity contribution in [2.45, 2.75) is 13.5 Å². The summed E-state index contributed by atoms with van der Waals surface area (Å²) in [7, 11) is 0. The largest absolute Gasteiger partial charge is 0.396 e. The van der Waals surface area contributed by atoms with Crippen LogP contribution in [-0.4, -0.2) is 18.5 Å². The molecule has 0 amide bonds. The number of nitrogens with two attached hydrogens (primary N) is 1. The molecule has 0 radical (unpaired) electrons. The van der Waals surface area contributed by atoms with Gasteiger partial charge in [-0.05, 0) is 6.92 Å². The summed E-state index contributed by atoms with van der Waals surface area (Å²) in [5.74, 6) is 0. The van der Waals surface area contributed by atoms with E-state index >= 15 is 0 Å². The highest BCUT2D eigenvalue weighted by molar-refractivity contribution is 6.99. The number of aromatic nitrogens is 4. The van der Waals surface area contributed by atoms with Crippen molar-refractivity contribution >= 4 is 17.4 Å². The average Bonchev–Trinajstić information content (AvgIpc) is 2.71. The highest BCUT2D eigenvalue weighted by atomic mass is 32.1. The third-order valence-corrected chi connectivity index (χ3v) is 2.38. The van der Waals surface area contributed by atoms with Gasteiger partial charge in [-0.25, -0.2) is 0 Å². The first-order valence-electron chi connectivity index (χ1n) is 3.81. The van der Waals surface area contributed by atoms with Crippen LogP contribution in [0, 0.1) is 6.92 Å². The molecular weight excluding hydrogens is 186 g/mol. The molecule has 0 atom stereocenters. The molecule has 0 aliphatic heterocycles. The topological polar surface area (TPSA) is 69.6 Å². The molecule has 2 aromatic heterocycles. The van der Waals surface area contributed by atoms with Gasteiger partial charge in [0.2, 0.25) is 0 Å². The van der Waals surface area contributed by atoms with Gasteiger partial charge in [-0.2, -0.15) is 13.8 Å². The van der Waals surface area contributed by atoms with Gasteiger partial charge in [0, 0.05) is 0 Å². The summed E-state index contributed by atoms with van der Waals surface area (Å²) in [6.07, 6.45) is 3.39. The predicted octanol–water partition coefficient (Wildman–Crippen LogP) is 0.674. The maximum absolute atomic E-state index is 5.65. The van der Waals surface area contributed by atoms with E-state index in [1.807, 2.05) is 11.6 Å². The number of anilines is 1. The van der Waals surface area contributed by atoms with Crippen LogP contribution in [0.2, 0.25) is 0 Å². The Morgan fingerprint density at radius 3 is 2.92 bits per heavy atom. The molecule has 68 valence electrons. The first-order valence-corrected chi connectivity index (χ1v) is 4.54. The van der Waals surface area contributed by atoms with E-state index in [9.17, 15) is 0 Å². The van der Waals surface area contributed by atoms with Gasteiger partial charge in [0.15, 0.2) is 0 Å². The Morgan fingerprint density at radius 2 is 2.38 bits per heavy atom. The van der Waals surface area contributed by atoms with Gasteiger partial charge in [-0.15, -0.1) is 0 Å². The van der Waals surface area contributed by atoms with Crippen molar-refractivity contribution in [3.63, 3.8) is 0 Å². The third-order valence-electron chi connectivity index (χ3n) is 1.86. The summed E-state index contributed by atoms with van der Waals surface area (Å²) in [6.45, 7) is 2.57. The van der Waals surface area contributed by atoms with E-state index in [4.69, 9.17) is 5.73 Å². The van der Waals surface area contributed by atoms with Crippen LogP contribution in [0.5, 0.6) is 0 Å². The Hall–Kier alpha value is -1.43. The molecule has 2 N–H and O–H groups in total. The van der Waals surface area contributed by atoms with Gasteiger partial charge in [-0.3, -0.25) is 4.68 Å². The van der Waals surface area contributed by atoms with E-state index in [2.05, 4.69) is 13.8 Å². The molecule has 0 saturated carbocycles. The zero-order valence-corrected chi connectivity index (χ0v) is 7.95. The second-order valence-corrected chi connectivity index (χ2v) is 3.30. The fourth-order valence-electron chi connectivity index (χ4n) is 1.03. The van der Waals surface area contributed by atoms with Gasteiger partial charge in [0.1, 0.15) is 0 Å². The fourth-order valence-corrected chi connectivity index (χ4v) is 1.45. The maximum Gasteiger partial charge on any atom is 0.0957 e. The van der Waals surface area contributed by atoms with Crippen LogP contribution in [-0.2, 0) is 6.54 Å². The lowest BCUT2D eigenvalue weighted by atomic mass is 10.4. The Balaban J connectivity index is 2.24. The average molecular weight is 195 g/mol. The Labute approximate surface area is 79.5 Å². The minimum Gasteiger partial charge on any atom is -0.396 e. The van der Waals surface area contributed by atoms with Crippen LogP contribution in [0.1, 0.15) is 11.4 Å². The van der Waals surface area contributed by atoms with Crippen molar-refractivity contribution in [2.75, 3.05) is 5.73 Å². The summed E-state index contributed by atoms with van der Waals surface area (Å²) in [5, 5.41) is 4.12. The molecule has 2 aromatic rings. The SMILES string of the molecule is Cc1c(N)cnn1Cc1cnsn1. The van der Waals surface area contributed by atoms with E-state index in [-0.39, 0.29) is 0 Å². The van der Waals surface area contributed by atoms with Gasteiger partial charge in [-0.1, -0.05) is 0 Å². The van der Waals surface area contributed by atoms with Crippen molar-refractivity contribution in [1.82, 2.24) is 18.5 Å². The normalized spacial score (nSPS) is 10.5. The molecule has 0 saturated heterocycles. The summed E-state index contributed by atoms with van der Waals surface area (Å²) < 4.78 is 9.82. The molecule has 6 heteroatoms. The number of hydrogen-bond acceptors (Lipinski definition) is 5. The number of hydrogen-bond donors (Lipinski definition) is 1. The molecular formula is C7H9N5S. The highest BCUT2D eigenvalue weighted by Crippen LogP contribution is 2.09. The van der Waals surface area contributed by atoms with Gasteiger partial charge < -0.3 is 5.73 Å². The molecule has 0 aromatic carbocycles. The second-order valence-electron chi connectivity index (χ2n) is 2.74. The van der Waals surface area contributed by atoms with Crippen molar-refractivity contribution < 1.29 is 0 Å². The van der Waals surface area contributed by atoms with E-state index in [1.165, 1.54) is 11.7 Å². The summed E-state index contributed by atoms with van der Waals surface area (Å²) >= 11 is 1.20. The van der Waals surface area contributed by atoms with E-state index in [0.717, 1.165) is 11.4 Å². The molecule has 0 spiro atoms. The third kappa shape index (κ3) is 1.52. The quantitative estimate of drug-likeness (QED) is 0.764. The van der Waals surface area contributed by atoms with Crippen molar-refractivity contribution in [2.24, 2.45) is 0 Å². The lowest BCUT2D eigenvalue weighted by Crippen LogP contribution is -2.04. The van der Waals surface area contributed by atoms with Crippen LogP contribution >= 0.6 is 11.7 Å². The summed E-state index contributed by atoms with van der Waals surface area (Å²) in [4.78, 5) is 0. The van der Waals surface area contributed by atoms with Crippen LogP contribution in [0.4, 0.5) is 5.69 Å². The molecule has 0 bridgehead atoms. The van der Waals surface area contributed by atoms with E-state index in [1.54, 1.807) is 12.4 Å². The highest BCUT2D eigenvalue weighted by Gasteiger charge is 2.04. The molecule has 2 rings (SSSR count). The van der Waals surface area contributed by atoms with Crippen molar-refractivity contribution in [3.05, 3.63) is 23.8 Å². The molecule has 13 heavy (non-hydrogen) atoms. The van der Waals surface area contributed by atoms with Crippen LogP contribution in [0.3, 0.4) is 0 Å². The first kappa shape index (κ1) is 8.18. The maximum atomic E-state index is 5.65. The van der Waals surface area contributed by atoms with Gasteiger partial charge in [0.25, 0.3) is 0 Å².